The molecular weight excluding hydrogens is 270 g/mol. The molecule has 0 saturated carbocycles. The number of benzene rings is 2. The lowest BCUT2D eigenvalue weighted by atomic mass is 9.95. The molecule has 0 saturated heterocycles. The van der Waals surface area contributed by atoms with E-state index in [1.165, 1.54) is 16.7 Å². The minimum absolute atomic E-state index is 0.119. The van der Waals surface area contributed by atoms with E-state index < -0.39 is 0 Å². The quantitative estimate of drug-likeness (QED) is 0.883. The van der Waals surface area contributed by atoms with Gasteiger partial charge in [-0.25, -0.2) is 0 Å². The van der Waals surface area contributed by atoms with Crippen molar-refractivity contribution in [2.45, 2.75) is 19.9 Å². The van der Waals surface area contributed by atoms with Crippen LogP contribution in [0.3, 0.4) is 0 Å². The first kappa shape index (κ1) is 14.9. The maximum absolute atomic E-state index is 6.15. The SMILES string of the molecule is CCNC(c1cccc(OC)c1)c1cc(Cl)ccc1C. The molecule has 2 aromatic rings. The molecule has 0 radical (unpaired) electrons. The molecule has 0 aliphatic heterocycles. The van der Waals surface area contributed by atoms with Crippen LogP contribution in [-0.4, -0.2) is 13.7 Å². The molecule has 2 aromatic carbocycles. The molecule has 0 heterocycles. The summed E-state index contributed by atoms with van der Waals surface area (Å²) in [4.78, 5) is 0. The molecule has 0 aromatic heterocycles. The monoisotopic (exact) mass is 289 g/mol. The molecule has 0 aliphatic rings. The van der Waals surface area contributed by atoms with Crippen molar-refractivity contribution in [3.8, 4) is 5.75 Å². The zero-order valence-electron chi connectivity index (χ0n) is 12.1. The van der Waals surface area contributed by atoms with Gasteiger partial charge in [-0.1, -0.05) is 36.7 Å². The van der Waals surface area contributed by atoms with Crippen molar-refractivity contribution in [2.24, 2.45) is 0 Å². The van der Waals surface area contributed by atoms with Crippen molar-refractivity contribution in [1.82, 2.24) is 5.32 Å². The third kappa shape index (κ3) is 3.33. The molecule has 0 fully saturated rings. The summed E-state index contributed by atoms with van der Waals surface area (Å²) in [7, 11) is 1.69. The van der Waals surface area contributed by atoms with Gasteiger partial charge in [-0.2, -0.15) is 0 Å². The van der Waals surface area contributed by atoms with Gasteiger partial charge in [0.05, 0.1) is 13.2 Å². The molecule has 0 aliphatic carbocycles. The van der Waals surface area contributed by atoms with Crippen LogP contribution in [0.1, 0.15) is 29.7 Å². The number of hydrogen-bond donors (Lipinski definition) is 1. The van der Waals surface area contributed by atoms with Gasteiger partial charge in [-0.15, -0.1) is 0 Å². The summed E-state index contributed by atoms with van der Waals surface area (Å²) < 4.78 is 5.32. The summed E-state index contributed by atoms with van der Waals surface area (Å²) in [6.07, 6.45) is 0. The summed E-state index contributed by atoms with van der Waals surface area (Å²) in [6, 6.07) is 14.3. The van der Waals surface area contributed by atoms with Crippen molar-refractivity contribution in [1.29, 1.82) is 0 Å². The Bertz CT molecular complexity index is 583. The molecule has 3 heteroatoms. The van der Waals surface area contributed by atoms with E-state index >= 15 is 0 Å². The lowest BCUT2D eigenvalue weighted by Gasteiger charge is -2.21. The number of nitrogens with one attached hydrogen (secondary N) is 1. The third-order valence-electron chi connectivity index (χ3n) is 3.39. The summed E-state index contributed by atoms with van der Waals surface area (Å²) in [5, 5.41) is 4.28. The van der Waals surface area contributed by atoms with Gasteiger partial charge in [0.15, 0.2) is 0 Å². The Kier molecular flexibility index (Phi) is 5.05. The number of aryl methyl sites for hydroxylation is 1. The predicted octanol–water partition coefficient (Wildman–Crippen LogP) is 4.36. The standard InChI is InChI=1S/C17H20ClNO/c1-4-19-17(13-6-5-7-15(10-13)20-3)16-11-14(18)9-8-12(16)2/h5-11,17,19H,4H2,1-3H3. The highest BCUT2D eigenvalue weighted by Crippen LogP contribution is 2.29. The molecule has 1 atom stereocenters. The van der Waals surface area contributed by atoms with E-state index in [1.54, 1.807) is 7.11 Å². The van der Waals surface area contributed by atoms with E-state index in [0.717, 1.165) is 17.3 Å². The molecular formula is C17H20ClNO. The zero-order valence-corrected chi connectivity index (χ0v) is 12.9. The highest BCUT2D eigenvalue weighted by atomic mass is 35.5. The van der Waals surface area contributed by atoms with Gasteiger partial charge in [0, 0.05) is 5.02 Å². The van der Waals surface area contributed by atoms with E-state index in [-0.39, 0.29) is 6.04 Å². The Morgan fingerprint density at radius 1 is 1.20 bits per heavy atom. The predicted molar refractivity (Wildman–Crippen MR) is 84.7 cm³/mol. The molecule has 0 amide bonds. The summed E-state index contributed by atoms with van der Waals surface area (Å²) in [5.41, 5.74) is 3.60. The maximum atomic E-state index is 6.15. The van der Waals surface area contributed by atoms with Gasteiger partial charge >= 0.3 is 0 Å². The van der Waals surface area contributed by atoms with Gasteiger partial charge < -0.3 is 10.1 Å². The molecule has 2 nitrogen and oxygen atoms in total. The van der Waals surface area contributed by atoms with Crippen LogP contribution in [0.4, 0.5) is 0 Å². The van der Waals surface area contributed by atoms with E-state index in [0.29, 0.717) is 0 Å². The normalized spacial score (nSPS) is 12.2. The first-order valence-electron chi connectivity index (χ1n) is 6.79. The number of ether oxygens (including phenoxy) is 1. The second-order valence-electron chi connectivity index (χ2n) is 4.77. The smallest absolute Gasteiger partial charge is 0.119 e. The first-order valence-corrected chi connectivity index (χ1v) is 7.17. The Morgan fingerprint density at radius 3 is 2.70 bits per heavy atom. The molecule has 106 valence electrons. The van der Waals surface area contributed by atoms with Crippen LogP contribution < -0.4 is 10.1 Å². The van der Waals surface area contributed by atoms with E-state index in [9.17, 15) is 0 Å². The highest BCUT2D eigenvalue weighted by molar-refractivity contribution is 6.30. The van der Waals surface area contributed by atoms with Gasteiger partial charge in [0.25, 0.3) is 0 Å². The van der Waals surface area contributed by atoms with Gasteiger partial charge in [-0.3, -0.25) is 0 Å². The average Bonchev–Trinajstić information content (AvgIpc) is 2.47. The van der Waals surface area contributed by atoms with Crippen LogP contribution in [0.2, 0.25) is 5.02 Å². The van der Waals surface area contributed by atoms with Crippen molar-refractivity contribution < 1.29 is 4.74 Å². The number of halogens is 1. The average molecular weight is 290 g/mol. The molecule has 0 spiro atoms. The minimum atomic E-state index is 0.119. The van der Waals surface area contributed by atoms with Crippen LogP contribution in [0, 0.1) is 6.92 Å². The van der Waals surface area contributed by atoms with Crippen LogP contribution >= 0.6 is 11.6 Å². The third-order valence-corrected chi connectivity index (χ3v) is 3.62. The van der Waals surface area contributed by atoms with Crippen molar-refractivity contribution in [3.05, 3.63) is 64.2 Å². The zero-order chi connectivity index (χ0) is 14.5. The molecule has 20 heavy (non-hydrogen) atoms. The molecule has 2 rings (SSSR count). The van der Waals surface area contributed by atoms with Crippen LogP contribution in [0.25, 0.3) is 0 Å². The summed E-state index contributed by atoms with van der Waals surface area (Å²) >= 11 is 6.15. The molecule has 1 N–H and O–H groups in total. The number of rotatable bonds is 5. The summed E-state index contributed by atoms with van der Waals surface area (Å²) in [5.74, 6) is 0.866. The van der Waals surface area contributed by atoms with E-state index in [1.807, 2.05) is 24.3 Å². The Hall–Kier alpha value is -1.51. The van der Waals surface area contributed by atoms with E-state index in [2.05, 4.69) is 37.4 Å². The second-order valence-corrected chi connectivity index (χ2v) is 5.20. The minimum Gasteiger partial charge on any atom is -0.497 e. The van der Waals surface area contributed by atoms with Gasteiger partial charge in [-0.05, 0) is 54.4 Å². The number of hydrogen-bond acceptors (Lipinski definition) is 2. The lowest BCUT2D eigenvalue weighted by Crippen LogP contribution is -2.22. The van der Waals surface area contributed by atoms with Gasteiger partial charge in [0.2, 0.25) is 0 Å². The maximum Gasteiger partial charge on any atom is 0.119 e. The fourth-order valence-corrected chi connectivity index (χ4v) is 2.54. The Labute approximate surface area is 125 Å². The van der Waals surface area contributed by atoms with Crippen LogP contribution in [0.5, 0.6) is 5.75 Å². The van der Waals surface area contributed by atoms with Crippen molar-refractivity contribution in [3.63, 3.8) is 0 Å². The van der Waals surface area contributed by atoms with Crippen molar-refractivity contribution in [2.75, 3.05) is 13.7 Å². The molecule has 1 unspecified atom stereocenters. The fraction of sp³-hybridized carbons (Fsp3) is 0.294. The second kappa shape index (κ2) is 6.78. The fourth-order valence-electron chi connectivity index (χ4n) is 2.35. The van der Waals surface area contributed by atoms with Crippen LogP contribution in [0.15, 0.2) is 42.5 Å². The summed E-state index contributed by atoms with van der Waals surface area (Å²) in [6.45, 7) is 5.09. The Balaban J connectivity index is 2.46. The molecule has 0 bridgehead atoms. The Morgan fingerprint density at radius 2 is 2.00 bits per heavy atom. The van der Waals surface area contributed by atoms with Crippen LogP contribution in [-0.2, 0) is 0 Å². The van der Waals surface area contributed by atoms with Gasteiger partial charge in [0.1, 0.15) is 5.75 Å². The first-order chi connectivity index (χ1) is 9.65. The topological polar surface area (TPSA) is 21.3 Å². The van der Waals surface area contributed by atoms with Crippen molar-refractivity contribution >= 4 is 11.6 Å². The number of methoxy groups -OCH3 is 1. The lowest BCUT2D eigenvalue weighted by molar-refractivity contribution is 0.413. The largest absolute Gasteiger partial charge is 0.497 e. The highest BCUT2D eigenvalue weighted by Gasteiger charge is 2.16. The van der Waals surface area contributed by atoms with E-state index in [4.69, 9.17) is 16.3 Å².